The maximum atomic E-state index is 8.66. The zero-order valence-electron chi connectivity index (χ0n) is 9.28. The minimum atomic E-state index is 0.334. The fraction of sp³-hybridized carbons (Fsp3) is 1.00. The maximum absolute atomic E-state index is 8.66. The van der Waals surface area contributed by atoms with Crippen LogP contribution >= 0.6 is 0 Å². The standard InChI is InChI=1S/C11H24N2O/c1-10-7-11(8-12)9-13(10)5-3-2-4-6-14/h10-11,14H,2-9,12H2,1H3. The molecule has 2 atom stereocenters. The van der Waals surface area contributed by atoms with Crippen LogP contribution < -0.4 is 5.73 Å². The van der Waals surface area contributed by atoms with E-state index in [1.165, 1.54) is 25.9 Å². The van der Waals surface area contributed by atoms with Gasteiger partial charge in [-0.1, -0.05) is 0 Å². The van der Waals surface area contributed by atoms with Crippen molar-refractivity contribution in [1.29, 1.82) is 0 Å². The molecule has 84 valence electrons. The van der Waals surface area contributed by atoms with Crippen molar-refractivity contribution >= 4 is 0 Å². The summed E-state index contributed by atoms with van der Waals surface area (Å²) < 4.78 is 0. The number of likely N-dealkylation sites (tertiary alicyclic amines) is 1. The summed E-state index contributed by atoms with van der Waals surface area (Å²) in [5, 5.41) is 8.66. The van der Waals surface area contributed by atoms with Crippen LogP contribution in [0.3, 0.4) is 0 Å². The molecule has 1 aliphatic rings. The molecule has 0 spiro atoms. The highest BCUT2D eigenvalue weighted by atomic mass is 16.2. The Hall–Kier alpha value is -0.120. The minimum Gasteiger partial charge on any atom is -0.396 e. The van der Waals surface area contributed by atoms with E-state index in [4.69, 9.17) is 10.8 Å². The molecule has 1 fully saturated rings. The van der Waals surface area contributed by atoms with E-state index in [2.05, 4.69) is 11.8 Å². The highest BCUT2D eigenvalue weighted by Gasteiger charge is 2.26. The monoisotopic (exact) mass is 200 g/mol. The summed E-state index contributed by atoms with van der Waals surface area (Å²) in [6.45, 7) is 5.81. The molecule has 1 heterocycles. The second kappa shape index (κ2) is 6.38. The second-order valence-corrected chi connectivity index (χ2v) is 4.47. The Morgan fingerprint density at radius 3 is 2.71 bits per heavy atom. The molecule has 0 radical (unpaired) electrons. The van der Waals surface area contributed by atoms with Crippen molar-refractivity contribution < 1.29 is 5.11 Å². The van der Waals surface area contributed by atoms with Gasteiger partial charge in [0.15, 0.2) is 0 Å². The van der Waals surface area contributed by atoms with Crippen LogP contribution in [0.15, 0.2) is 0 Å². The summed E-state index contributed by atoms with van der Waals surface area (Å²) in [7, 11) is 0. The van der Waals surface area contributed by atoms with Crippen LogP contribution in [0.25, 0.3) is 0 Å². The number of hydrogen-bond acceptors (Lipinski definition) is 3. The molecule has 1 saturated heterocycles. The van der Waals surface area contributed by atoms with Crippen molar-refractivity contribution in [2.45, 2.75) is 38.6 Å². The van der Waals surface area contributed by atoms with Crippen LogP contribution in [-0.2, 0) is 0 Å². The lowest BCUT2D eigenvalue weighted by Crippen LogP contribution is -2.28. The fourth-order valence-electron chi connectivity index (χ4n) is 2.30. The van der Waals surface area contributed by atoms with Crippen LogP contribution in [0.5, 0.6) is 0 Å². The van der Waals surface area contributed by atoms with E-state index in [-0.39, 0.29) is 0 Å². The van der Waals surface area contributed by atoms with Crippen molar-refractivity contribution in [3.8, 4) is 0 Å². The largest absolute Gasteiger partial charge is 0.396 e. The van der Waals surface area contributed by atoms with E-state index in [0.29, 0.717) is 18.6 Å². The van der Waals surface area contributed by atoms with Gasteiger partial charge in [0.05, 0.1) is 0 Å². The molecule has 3 nitrogen and oxygen atoms in total. The van der Waals surface area contributed by atoms with Gasteiger partial charge in [-0.05, 0) is 51.6 Å². The Balaban J connectivity index is 2.12. The van der Waals surface area contributed by atoms with Gasteiger partial charge in [0.1, 0.15) is 0 Å². The quantitative estimate of drug-likeness (QED) is 0.624. The normalized spacial score (nSPS) is 28.5. The zero-order valence-corrected chi connectivity index (χ0v) is 9.28. The van der Waals surface area contributed by atoms with Crippen LogP contribution in [0, 0.1) is 5.92 Å². The molecule has 0 amide bonds. The van der Waals surface area contributed by atoms with Crippen molar-refractivity contribution in [1.82, 2.24) is 4.90 Å². The average Bonchev–Trinajstić information content (AvgIpc) is 2.54. The van der Waals surface area contributed by atoms with E-state index in [9.17, 15) is 0 Å². The number of nitrogens with two attached hydrogens (primary N) is 1. The summed E-state index contributed by atoms with van der Waals surface area (Å²) >= 11 is 0. The third-order valence-electron chi connectivity index (χ3n) is 3.23. The number of nitrogens with zero attached hydrogens (tertiary/aromatic N) is 1. The van der Waals surface area contributed by atoms with Gasteiger partial charge in [0, 0.05) is 19.2 Å². The van der Waals surface area contributed by atoms with Crippen LogP contribution in [0.4, 0.5) is 0 Å². The van der Waals surface area contributed by atoms with Crippen LogP contribution in [0.1, 0.15) is 32.6 Å². The number of rotatable bonds is 6. The minimum absolute atomic E-state index is 0.334. The summed E-state index contributed by atoms with van der Waals surface area (Å²) in [6, 6.07) is 0.706. The molecule has 0 bridgehead atoms. The topological polar surface area (TPSA) is 49.5 Å². The van der Waals surface area contributed by atoms with Crippen molar-refractivity contribution in [3.63, 3.8) is 0 Å². The molecular weight excluding hydrogens is 176 g/mol. The van der Waals surface area contributed by atoms with E-state index >= 15 is 0 Å². The van der Waals surface area contributed by atoms with Gasteiger partial charge >= 0.3 is 0 Å². The first kappa shape index (κ1) is 12.0. The van der Waals surface area contributed by atoms with Crippen molar-refractivity contribution in [3.05, 3.63) is 0 Å². The molecule has 0 aromatic heterocycles. The lowest BCUT2D eigenvalue weighted by molar-refractivity contribution is 0.246. The molecule has 2 unspecified atom stereocenters. The smallest absolute Gasteiger partial charge is 0.0431 e. The third-order valence-corrected chi connectivity index (χ3v) is 3.23. The summed E-state index contributed by atoms with van der Waals surface area (Å²) in [5.74, 6) is 0.711. The first-order valence-corrected chi connectivity index (χ1v) is 5.83. The Kier molecular flexibility index (Phi) is 5.45. The lowest BCUT2D eigenvalue weighted by atomic mass is 10.1. The molecule has 0 aliphatic carbocycles. The van der Waals surface area contributed by atoms with Gasteiger partial charge < -0.3 is 15.7 Å². The van der Waals surface area contributed by atoms with E-state index in [0.717, 1.165) is 19.4 Å². The fourth-order valence-corrected chi connectivity index (χ4v) is 2.30. The van der Waals surface area contributed by atoms with Crippen molar-refractivity contribution in [2.24, 2.45) is 11.7 Å². The van der Waals surface area contributed by atoms with Gasteiger partial charge in [0.25, 0.3) is 0 Å². The molecular formula is C11H24N2O. The lowest BCUT2D eigenvalue weighted by Gasteiger charge is -2.20. The van der Waals surface area contributed by atoms with Gasteiger partial charge in [-0.2, -0.15) is 0 Å². The van der Waals surface area contributed by atoms with E-state index in [1.54, 1.807) is 0 Å². The Morgan fingerprint density at radius 1 is 1.36 bits per heavy atom. The SMILES string of the molecule is CC1CC(CN)CN1CCCCCO. The highest BCUT2D eigenvalue weighted by Crippen LogP contribution is 2.22. The second-order valence-electron chi connectivity index (χ2n) is 4.47. The van der Waals surface area contributed by atoms with Crippen LogP contribution in [0.2, 0.25) is 0 Å². The molecule has 0 saturated carbocycles. The summed E-state index contributed by atoms with van der Waals surface area (Å²) in [6.07, 6.45) is 4.56. The predicted octanol–water partition coefficient (Wildman–Crippen LogP) is 0.818. The number of aliphatic hydroxyl groups is 1. The zero-order chi connectivity index (χ0) is 10.4. The van der Waals surface area contributed by atoms with E-state index < -0.39 is 0 Å². The summed E-state index contributed by atoms with van der Waals surface area (Å²) in [4.78, 5) is 2.54. The molecule has 0 aromatic rings. The molecule has 0 aromatic carbocycles. The van der Waals surface area contributed by atoms with Crippen LogP contribution in [-0.4, -0.2) is 42.3 Å². The first-order chi connectivity index (χ1) is 6.77. The van der Waals surface area contributed by atoms with Gasteiger partial charge in [0.2, 0.25) is 0 Å². The molecule has 3 N–H and O–H groups in total. The molecule has 1 aliphatic heterocycles. The average molecular weight is 200 g/mol. The molecule has 14 heavy (non-hydrogen) atoms. The highest BCUT2D eigenvalue weighted by molar-refractivity contribution is 4.82. The van der Waals surface area contributed by atoms with Gasteiger partial charge in [-0.15, -0.1) is 0 Å². The van der Waals surface area contributed by atoms with Crippen molar-refractivity contribution in [2.75, 3.05) is 26.2 Å². The maximum Gasteiger partial charge on any atom is 0.0431 e. The number of aliphatic hydroxyl groups excluding tert-OH is 1. The Morgan fingerprint density at radius 2 is 2.14 bits per heavy atom. The predicted molar refractivity (Wildman–Crippen MR) is 59.1 cm³/mol. The number of hydrogen-bond donors (Lipinski definition) is 2. The Labute approximate surface area is 87.3 Å². The first-order valence-electron chi connectivity index (χ1n) is 5.83. The third kappa shape index (κ3) is 3.56. The number of unbranched alkanes of at least 4 members (excludes halogenated alkanes) is 2. The molecule has 3 heteroatoms. The summed E-state index contributed by atoms with van der Waals surface area (Å²) in [5.41, 5.74) is 5.67. The van der Waals surface area contributed by atoms with E-state index in [1.807, 2.05) is 0 Å². The Bertz CT molecular complexity index is 152. The molecule has 1 rings (SSSR count). The van der Waals surface area contributed by atoms with Gasteiger partial charge in [-0.25, -0.2) is 0 Å². The van der Waals surface area contributed by atoms with Gasteiger partial charge in [-0.3, -0.25) is 0 Å².